The molecule has 2 aromatic heterocycles. The molecule has 5 heteroatoms. The molecule has 0 unspecified atom stereocenters. The zero-order chi connectivity index (χ0) is 15.3. The minimum absolute atomic E-state index is 0.528. The van der Waals surface area contributed by atoms with Gasteiger partial charge in [-0.1, -0.05) is 24.3 Å². The number of nitrogen functional groups attached to an aromatic ring is 1. The van der Waals surface area contributed by atoms with Crippen molar-refractivity contribution in [3.05, 3.63) is 34.7 Å². The Labute approximate surface area is 133 Å². The molecule has 4 nitrogen and oxygen atoms in total. The van der Waals surface area contributed by atoms with Crippen molar-refractivity contribution in [2.45, 2.75) is 32.7 Å². The molecule has 1 saturated carbocycles. The van der Waals surface area contributed by atoms with Crippen LogP contribution < -0.4 is 11.1 Å². The van der Waals surface area contributed by atoms with E-state index in [-0.39, 0.29) is 0 Å². The summed E-state index contributed by atoms with van der Waals surface area (Å²) in [6.45, 7) is 4.14. The van der Waals surface area contributed by atoms with Gasteiger partial charge in [-0.15, -0.1) is 11.3 Å². The predicted octanol–water partition coefficient (Wildman–Crippen LogP) is 4.13. The van der Waals surface area contributed by atoms with Gasteiger partial charge in [0.05, 0.1) is 16.8 Å². The maximum Gasteiger partial charge on any atom is 0.224 e. The largest absolute Gasteiger partial charge is 0.397 e. The Balaban J connectivity index is 1.99. The van der Waals surface area contributed by atoms with E-state index in [1.165, 1.54) is 18.4 Å². The number of hydrogen-bond acceptors (Lipinski definition) is 5. The third-order valence-electron chi connectivity index (χ3n) is 4.08. The van der Waals surface area contributed by atoms with Gasteiger partial charge in [0, 0.05) is 16.5 Å². The summed E-state index contributed by atoms with van der Waals surface area (Å²) in [5.74, 6) is 0.717. The van der Waals surface area contributed by atoms with Crippen LogP contribution in [0.4, 0.5) is 11.6 Å². The molecule has 3 aromatic rings. The number of anilines is 2. The molecule has 2 heterocycles. The van der Waals surface area contributed by atoms with E-state index in [1.54, 1.807) is 11.3 Å². The molecule has 1 aliphatic carbocycles. The van der Waals surface area contributed by atoms with E-state index in [4.69, 9.17) is 10.7 Å². The van der Waals surface area contributed by atoms with Crippen molar-refractivity contribution in [2.75, 3.05) is 11.1 Å². The lowest BCUT2D eigenvalue weighted by Gasteiger charge is -2.10. The number of nitrogens with one attached hydrogen (secondary N) is 1. The Kier molecular flexibility index (Phi) is 3.04. The van der Waals surface area contributed by atoms with Crippen molar-refractivity contribution in [3.63, 3.8) is 0 Å². The summed E-state index contributed by atoms with van der Waals surface area (Å²) in [5, 5.41) is 4.39. The van der Waals surface area contributed by atoms with E-state index in [1.807, 2.05) is 19.1 Å². The molecule has 22 heavy (non-hydrogen) atoms. The Morgan fingerprint density at radius 2 is 1.95 bits per heavy atom. The Hall–Kier alpha value is -2.14. The lowest BCUT2D eigenvalue weighted by molar-refractivity contribution is 1.08. The van der Waals surface area contributed by atoms with Crippen LogP contribution in [0.25, 0.3) is 21.5 Å². The normalized spacial score (nSPS) is 14.5. The highest BCUT2D eigenvalue weighted by molar-refractivity contribution is 7.19. The van der Waals surface area contributed by atoms with Crippen LogP contribution in [0.15, 0.2) is 24.3 Å². The van der Waals surface area contributed by atoms with Gasteiger partial charge in [0.15, 0.2) is 0 Å². The molecule has 4 rings (SSSR count). The van der Waals surface area contributed by atoms with Crippen LogP contribution in [0.5, 0.6) is 0 Å². The number of rotatable bonds is 3. The molecule has 3 N–H and O–H groups in total. The number of benzene rings is 1. The van der Waals surface area contributed by atoms with Gasteiger partial charge < -0.3 is 11.1 Å². The summed E-state index contributed by atoms with van der Waals surface area (Å²) in [6, 6.07) is 8.82. The molecule has 0 saturated heterocycles. The lowest BCUT2D eigenvalue weighted by atomic mass is 10.0. The first-order valence-corrected chi connectivity index (χ1v) is 8.34. The van der Waals surface area contributed by atoms with Crippen molar-refractivity contribution >= 4 is 33.2 Å². The van der Waals surface area contributed by atoms with E-state index < -0.39 is 0 Å². The minimum atomic E-state index is 0.528. The van der Waals surface area contributed by atoms with Crippen LogP contribution in [0.1, 0.15) is 23.3 Å². The van der Waals surface area contributed by atoms with Crippen LogP contribution in [-0.2, 0) is 0 Å². The van der Waals surface area contributed by atoms with Gasteiger partial charge in [0.2, 0.25) is 5.95 Å². The summed E-state index contributed by atoms with van der Waals surface area (Å²) >= 11 is 1.64. The number of hydrogen-bond donors (Lipinski definition) is 2. The second-order valence-electron chi connectivity index (χ2n) is 5.88. The van der Waals surface area contributed by atoms with Crippen molar-refractivity contribution in [1.82, 2.24) is 9.97 Å². The molecule has 0 atom stereocenters. The number of fused-ring (bicyclic) bond motifs is 1. The number of nitrogens with two attached hydrogens (primary N) is 1. The highest BCUT2D eigenvalue weighted by Gasteiger charge is 2.24. The SMILES string of the molecule is Cc1ccccc1-c1nc(NC2CC2)nc2sc(C)c(N)c12. The molecule has 1 fully saturated rings. The first kappa shape index (κ1) is 13.5. The topological polar surface area (TPSA) is 63.8 Å². The fraction of sp³-hybridized carbons (Fsp3) is 0.294. The highest BCUT2D eigenvalue weighted by atomic mass is 32.1. The molecular formula is C17H18N4S. The van der Waals surface area contributed by atoms with Crippen LogP contribution >= 0.6 is 11.3 Å². The van der Waals surface area contributed by atoms with Crippen LogP contribution in [0.3, 0.4) is 0 Å². The minimum Gasteiger partial charge on any atom is -0.397 e. The van der Waals surface area contributed by atoms with Crippen LogP contribution in [0.2, 0.25) is 0 Å². The van der Waals surface area contributed by atoms with Gasteiger partial charge in [0.1, 0.15) is 4.83 Å². The number of aryl methyl sites for hydroxylation is 2. The van der Waals surface area contributed by atoms with Crippen molar-refractivity contribution < 1.29 is 0 Å². The van der Waals surface area contributed by atoms with Gasteiger partial charge >= 0.3 is 0 Å². The first-order valence-electron chi connectivity index (χ1n) is 7.52. The molecule has 0 aliphatic heterocycles. The average molecular weight is 310 g/mol. The Bertz CT molecular complexity index is 864. The average Bonchev–Trinajstić information content (AvgIpc) is 3.25. The second-order valence-corrected chi connectivity index (χ2v) is 7.08. The van der Waals surface area contributed by atoms with Gasteiger partial charge in [-0.3, -0.25) is 0 Å². The number of nitrogens with zero attached hydrogens (tertiary/aromatic N) is 2. The fourth-order valence-electron chi connectivity index (χ4n) is 2.64. The van der Waals surface area contributed by atoms with E-state index in [0.29, 0.717) is 6.04 Å². The van der Waals surface area contributed by atoms with Crippen LogP contribution in [0, 0.1) is 13.8 Å². The number of thiophene rings is 1. The quantitative estimate of drug-likeness (QED) is 0.763. The van der Waals surface area contributed by atoms with Crippen LogP contribution in [-0.4, -0.2) is 16.0 Å². The summed E-state index contributed by atoms with van der Waals surface area (Å²) in [6.07, 6.45) is 2.40. The summed E-state index contributed by atoms with van der Waals surface area (Å²) < 4.78 is 0. The van der Waals surface area contributed by atoms with E-state index >= 15 is 0 Å². The summed E-state index contributed by atoms with van der Waals surface area (Å²) in [4.78, 5) is 11.5. The van der Waals surface area contributed by atoms with Crippen molar-refractivity contribution in [1.29, 1.82) is 0 Å². The maximum absolute atomic E-state index is 6.30. The van der Waals surface area contributed by atoms with E-state index in [9.17, 15) is 0 Å². The highest BCUT2D eigenvalue weighted by Crippen LogP contribution is 2.39. The fourth-order valence-corrected chi connectivity index (χ4v) is 3.58. The molecule has 0 amide bonds. The molecule has 0 spiro atoms. The smallest absolute Gasteiger partial charge is 0.224 e. The molecular weight excluding hydrogens is 292 g/mol. The third kappa shape index (κ3) is 2.22. The molecule has 112 valence electrons. The Morgan fingerprint density at radius 1 is 1.18 bits per heavy atom. The summed E-state index contributed by atoms with van der Waals surface area (Å²) in [7, 11) is 0. The first-order chi connectivity index (χ1) is 10.6. The lowest BCUT2D eigenvalue weighted by Crippen LogP contribution is -2.06. The zero-order valence-corrected chi connectivity index (χ0v) is 13.5. The van der Waals surface area contributed by atoms with E-state index in [0.717, 1.165) is 38.0 Å². The van der Waals surface area contributed by atoms with Crippen molar-refractivity contribution in [2.24, 2.45) is 0 Å². The van der Waals surface area contributed by atoms with Crippen molar-refractivity contribution in [3.8, 4) is 11.3 Å². The van der Waals surface area contributed by atoms with Gasteiger partial charge in [-0.05, 0) is 32.3 Å². The molecule has 1 aromatic carbocycles. The summed E-state index contributed by atoms with van der Waals surface area (Å²) in [5.41, 5.74) is 10.4. The van der Waals surface area contributed by atoms with Gasteiger partial charge in [0.25, 0.3) is 0 Å². The molecule has 0 bridgehead atoms. The molecule has 1 aliphatic rings. The standard InChI is InChI=1S/C17H18N4S/c1-9-5-3-4-6-12(9)15-13-14(18)10(2)22-16(13)21-17(20-15)19-11-7-8-11/h3-6,11H,7-8,18H2,1-2H3,(H,19,20,21). The third-order valence-corrected chi connectivity index (χ3v) is 5.10. The maximum atomic E-state index is 6.30. The Morgan fingerprint density at radius 3 is 2.68 bits per heavy atom. The second kappa shape index (κ2) is 4.95. The monoisotopic (exact) mass is 310 g/mol. The van der Waals surface area contributed by atoms with E-state index in [2.05, 4.69) is 29.4 Å². The predicted molar refractivity (Wildman–Crippen MR) is 93.4 cm³/mol. The van der Waals surface area contributed by atoms with Gasteiger partial charge in [-0.2, -0.15) is 0 Å². The molecule has 0 radical (unpaired) electrons. The number of aromatic nitrogens is 2. The zero-order valence-electron chi connectivity index (χ0n) is 12.7. The van der Waals surface area contributed by atoms with Gasteiger partial charge in [-0.25, -0.2) is 9.97 Å².